The highest BCUT2D eigenvalue weighted by molar-refractivity contribution is 7.91. The lowest BCUT2D eigenvalue weighted by Gasteiger charge is -2.36. The molecule has 0 saturated carbocycles. The molecule has 2 rings (SSSR count). The smallest absolute Gasteiger partial charge is 0.252 e. The van der Waals surface area contributed by atoms with Gasteiger partial charge in [-0.25, -0.2) is 8.42 Å². The van der Waals surface area contributed by atoms with Gasteiger partial charge in [-0.1, -0.05) is 26.8 Å². The van der Waals surface area contributed by atoms with E-state index in [0.717, 1.165) is 6.42 Å². The van der Waals surface area contributed by atoms with Crippen molar-refractivity contribution in [2.75, 3.05) is 32.7 Å². The van der Waals surface area contributed by atoms with Gasteiger partial charge in [-0.2, -0.15) is 4.31 Å². The summed E-state index contributed by atoms with van der Waals surface area (Å²) >= 11 is 1.24. The Morgan fingerprint density at radius 1 is 1.15 bits per heavy atom. The van der Waals surface area contributed by atoms with Crippen LogP contribution >= 0.6 is 11.3 Å². The first-order chi connectivity index (χ1) is 11.9. The van der Waals surface area contributed by atoms with Crippen LogP contribution in [0.2, 0.25) is 0 Å². The Hall–Kier alpha value is -0.960. The molecular formula is C18H31N3O3S2. The quantitative estimate of drug-likeness (QED) is 0.795. The van der Waals surface area contributed by atoms with Gasteiger partial charge in [0.1, 0.15) is 4.21 Å². The molecule has 0 aromatic carbocycles. The Labute approximate surface area is 161 Å². The topological polar surface area (TPSA) is 69.7 Å². The predicted octanol–water partition coefficient (Wildman–Crippen LogP) is 2.39. The van der Waals surface area contributed by atoms with E-state index in [2.05, 4.69) is 26.1 Å². The fourth-order valence-electron chi connectivity index (χ4n) is 3.66. The molecule has 1 amide bonds. The van der Waals surface area contributed by atoms with Crippen LogP contribution in [-0.2, 0) is 14.8 Å². The summed E-state index contributed by atoms with van der Waals surface area (Å²) in [7, 11) is -3.40. The minimum atomic E-state index is -3.40. The molecule has 1 aliphatic heterocycles. The lowest BCUT2D eigenvalue weighted by Crippen LogP contribution is -2.53. The van der Waals surface area contributed by atoms with E-state index in [4.69, 9.17) is 0 Å². The van der Waals surface area contributed by atoms with Crippen LogP contribution in [0.1, 0.15) is 41.0 Å². The first kappa shape index (κ1) is 21.3. The summed E-state index contributed by atoms with van der Waals surface area (Å²) in [6.07, 6.45) is 0.887. The molecule has 0 spiro atoms. The van der Waals surface area contributed by atoms with Crippen LogP contribution in [0.3, 0.4) is 0 Å². The van der Waals surface area contributed by atoms with Crippen LogP contribution in [0.25, 0.3) is 0 Å². The Balaban J connectivity index is 1.84. The number of hydrogen-bond acceptors (Lipinski definition) is 5. The average Bonchev–Trinajstić information content (AvgIpc) is 2.99. The van der Waals surface area contributed by atoms with Crippen molar-refractivity contribution in [2.45, 2.75) is 50.8 Å². The third kappa shape index (κ3) is 6.04. The van der Waals surface area contributed by atoms with Gasteiger partial charge in [-0.05, 0) is 37.1 Å². The van der Waals surface area contributed by atoms with E-state index in [1.807, 2.05) is 18.7 Å². The molecule has 148 valence electrons. The second-order valence-corrected chi connectivity index (χ2v) is 11.9. The van der Waals surface area contributed by atoms with Gasteiger partial charge in [0, 0.05) is 31.7 Å². The molecule has 2 heterocycles. The number of piperazine rings is 1. The SMILES string of the molecule is CC(C)(C)CC(C)(C)NC(=O)CN1CCN(S(=O)(=O)c2cccs2)CC1. The average molecular weight is 402 g/mol. The molecule has 1 aromatic rings. The van der Waals surface area contributed by atoms with Crippen molar-refractivity contribution in [1.82, 2.24) is 14.5 Å². The van der Waals surface area contributed by atoms with Crippen molar-refractivity contribution >= 4 is 27.3 Å². The molecule has 0 radical (unpaired) electrons. The maximum absolute atomic E-state index is 12.5. The molecule has 0 bridgehead atoms. The standard InChI is InChI=1S/C18H31N3O3S2/c1-17(2,3)14-18(4,5)19-15(22)13-20-8-10-21(11-9-20)26(23,24)16-7-6-12-25-16/h6-7,12H,8-11,13-14H2,1-5H3,(H,19,22). The van der Waals surface area contributed by atoms with Crippen LogP contribution in [-0.4, -0.2) is 61.8 Å². The van der Waals surface area contributed by atoms with E-state index in [1.54, 1.807) is 17.5 Å². The number of rotatable bonds is 6. The Morgan fingerprint density at radius 2 is 1.77 bits per heavy atom. The maximum atomic E-state index is 12.5. The summed E-state index contributed by atoms with van der Waals surface area (Å²) in [4.78, 5) is 14.4. The van der Waals surface area contributed by atoms with Gasteiger partial charge < -0.3 is 5.32 Å². The fourth-order valence-corrected chi connectivity index (χ4v) is 6.22. The molecule has 8 heteroatoms. The first-order valence-corrected chi connectivity index (χ1v) is 11.3. The van der Waals surface area contributed by atoms with Crippen LogP contribution < -0.4 is 5.32 Å². The zero-order chi connectivity index (χ0) is 19.6. The van der Waals surface area contributed by atoms with Gasteiger partial charge in [-0.15, -0.1) is 11.3 Å². The third-order valence-electron chi connectivity index (χ3n) is 4.24. The van der Waals surface area contributed by atoms with Crippen LogP contribution in [0, 0.1) is 5.41 Å². The van der Waals surface area contributed by atoms with Gasteiger partial charge in [-0.3, -0.25) is 9.69 Å². The second-order valence-electron chi connectivity index (χ2n) is 8.78. The largest absolute Gasteiger partial charge is 0.350 e. The molecule has 1 aliphatic rings. The summed E-state index contributed by atoms with van der Waals surface area (Å²) in [5, 5.41) is 4.88. The maximum Gasteiger partial charge on any atom is 0.252 e. The lowest BCUT2D eigenvalue weighted by molar-refractivity contribution is -0.124. The number of nitrogens with one attached hydrogen (secondary N) is 1. The monoisotopic (exact) mass is 401 g/mol. The molecule has 1 fully saturated rings. The molecule has 0 aliphatic carbocycles. The highest BCUT2D eigenvalue weighted by atomic mass is 32.2. The van der Waals surface area contributed by atoms with E-state index in [-0.39, 0.29) is 16.9 Å². The minimum Gasteiger partial charge on any atom is -0.350 e. The molecule has 0 unspecified atom stereocenters. The molecule has 0 atom stereocenters. The molecule has 1 saturated heterocycles. The molecule has 26 heavy (non-hydrogen) atoms. The van der Waals surface area contributed by atoms with Gasteiger partial charge >= 0.3 is 0 Å². The van der Waals surface area contributed by atoms with Gasteiger partial charge in [0.15, 0.2) is 0 Å². The lowest BCUT2D eigenvalue weighted by atomic mass is 9.82. The van der Waals surface area contributed by atoms with E-state index in [0.29, 0.717) is 36.9 Å². The zero-order valence-electron chi connectivity index (χ0n) is 16.4. The van der Waals surface area contributed by atoms with Crippen molar-refractivity contribution in [3.8, 4) is 0 Å². The summed E-state index contributed by atoms with van der Waals surface area (Å²) in [6.45, 7) is 12.8. The van der Waals surface area contributed by atoms with Crippen molar-refractivity contribution in [1.29, 1.82) is 0 Å². The molecule has 1 aromatic heterocycles. The number of hydrogen-bond donors (Lipinski definition) is 1. The first-order valence-electron chi connectivity index (χ1n) is 8.96. The number of thiophene rings is 1. The Kier molecular flexibility index (Phi) is 6.53. The molecular weight excluding hydrogens is 370 g/mol. The van der Waals surface area contributed by atoms with Crippen LogP contribution in [0.15, 0.2) is 21.7 Å². The number of sulfonamides is 1. The summed E-state index contributed by atoms with van der Waals surface area (Å²) < 4.78 is 27.0. The summed E-state index contributed by atoms with van der Waals surface area (Å²) in [6, 6.07) is 3.38. The van der Waals surface area contributed by atoms with Crippen molar-refractivity contribution < 1.29 is 13.2 Å². The summed E-state index contributed by atoms with van der Waals surface area (Å²) in [5.74, 6) is -0.00573. The van der Waals surface area contributed by atoms with Gasteiger partial charge in [0.05, 0.1) is 6.54 Å². The normalized spacial score (nSPS) is 18.0. The van der Waals surface area contributed by atoms with Crippen molar-refractivity contribution in [3.63, 3.8) is 0 Å². The van der Waals surface area contributed by atoms with Crippen LogP contribution in [0.4, 0.5) is 0 Å². The van der Waals surface area contributed by atoms with E-state index in [9.17, 15) is 13.2 Å². The third-order valence-corrected chi connectivity index (χ3v) is 7.51. The number of carbonyl (C=O) groups excluding carboxylic acids is 1. The molecule has 1 N–H and O–H groups in total. The highest BCUT2D eigenvalue weighted by Gasteiger charge is 2.31. The van der Waals surface area contributed by atoms with E-state index in [1.165, 1.54) is 15.6 Å². The number of amides is 1. The van der Waals surface area contributed by atoms with E-state index < -0.39 is 10.0 Å². The van der Waals surface area contributed by atoms with Crippen molar-refractivity contribution in [2.24, 2.45) is 5.41 Å². The Bertz CT molecular complexity index is 699. The zero-order valence-corrected chi connectivity index (χ0v) is 18.0. The summed E-state index contributed by atoms with van der Waals surface area (Å²) in [5.41, 5.74) is -0.127. The Morgan fingerprint density at radius 3 is 2.27 bits per heavy atom. The second kappa shape index (κ2) is 7.96. The minimum absolute atomic E-state index is 0.00573. The fraction of sp³-hybridized carbons (Fsp3) is 0.722. The number of nitrogens with zero attached hydrogens (tertiary/aromatic N) is 2. The van der Waals surface area contributed by atoms with E-state index >= 15 is 0 Å². The van der Waals surface area contributed by atoms with Crippen LogP contribution in [0.5, 0.6) is 0 Å². The van der Waals surface area contributed by atoms with Crippen molar-refractivity contribution in [3.05, 3.63) is 17.5 Å². The molecule has 6 nitrogen and oxygen atoms in total. The van der Waals surface area contributed by atoms with Gasteiger partial charge in [0.2, 0.25) is 5.91 Å². The highest BCUT2D eigenvalue weighted by Crippen LogP contribution is 2.27. The van der Waals surface area contributed by atoms with Gasteiger partial charge in [0.25, 0.3) is 10.0 Å². The number of carbonyl (C=O) groups is 1. The predicted molar refractivity (Wildman–Crippen MR) is 106 cm³/mol.